The quantitative estimate of drug-likeness (QED) is 0.660. The second-order valence-corrected chi connectivity index (χ2v) is 3.31. The molecule has 0 atom stereocenters. The number of benzene rings is 1. The average Bonchev–Trinajstić information content (AvgIpc) is 2.15. The molecule has 0 aromatic heterocycles. The lowest BCUT2D eigenvalue weighted by molar-refractivity contribution is 0.791. The van der Waals surface area contributed by atoms with Gasteiger partial charge in [0.05, 0.1) is 0 Å². The largest absolute Gasteiger partial charge is 0.0890 e. The van der Waals surface area contributed by atoms with Crippen LogP contribution in [0.1, 0.15) is 30.9 Å². The summed E-state index contributed by atoms with van der Waals surface area (Å²) in [5, 5.41) is 0. The molecule has 0 fully saturated rings. The maximum absolute atomic E-state index is 5.06. The van der Waals surface area contributed by atoms with Crippen LogP contribution >= 0.6 is 12.6 Å². The van der Waals surface area contributed by atoms with E-state index in [0.717, 1.165) is 5.75 Å². The van der Waals surface area contributed by atoms with Crippen molar-refractivity contribution in [3.05, 3.63) is 35.4 Å². The van der Waals surface area contributed by atoms with Crippen molar-refractivity contribution in [2.75, 3.05) is 0 Å². The molecular weight excluding hydrogens is 164 g/mol. The molecule has 1 heteroatoms. The number of hydrogen-bond donors (Lipinski definition) is 0. The van der Waals surface area contributed by atoms with Crippen molar-refractivity contribution < 1.29 is 0 Å². The van der Waals surface area contributed by atoms with Crippen LogP contribution in [0, 0.1) is 0 Å². The summed E-state index contributed by atoms with van der Waals surface area (Å²) in [6.45, 7) is 2.22. The van der Waals surface area contributed by atoms with E-state index >= 15 is 0 Å². The first-order chi connectivity index (χ1) is 5.88. The lowest BCUT2D eigenvalue weighted by Crippen LogP contribution is -1.90. The standard InChI is InChI=1S/C11H15S/c1-2-3-6-10-7-4-5-8-11(10)9-12/h4-5,7-8H,2-3,6,9H2,1H3. The monoisotopic (exact) mass is 179 g/mol. The normalized spacial score (nSPS) is 10.2. The molecule has 1 aromatic carbocycles. The van der Waals surface area contributed by atoms with Gasteiger partial charge in [-0.2, -0.15) is 0 Å². The van der Waals surface area contributed by atoms with E-state index in [1.165, 1.54) is 30.4 Å². The predicted molar refractivity (Wildman–Crippen MR) is 56.3 cm³/mol. The molecule has 0 unspecified atom stereocenters. The van der Waals surface area contributed by atoms with Crippen molar-refractivity contribution in [2.45, 2.75) is 31.9 Å². The second kappa shape index (κ2) is 5.26. The Balaban J connectivity index is 2.68. The van der Waals surface area contributed by atoms with E-state index in [4.69, 9.17) is 12.6 Å². The van der Waals surface area contributed by atoms with Crippen molar-refractivity contribution in [1.82, 2.24) is 0 Å². The van der Waals surface area contributed by atoms with Gasteiger partial charge in [0.15, 0.2) is 0 Å². The fourth-order valence-corrected chi connectivity index (χ4v) is 1.59. The molecule has 1 radical (unpaired) electrons. The maximum atomic E-state index is 5.06. The van der Waals surface area contributed by atoms with Crippen LogP contribution in [0.25, 0.3) is 0 Å². The van der Waals surface area contributed by atoms with Gasteiger partial charge >= 0.3 is 0 Å². The van der Waals surface area contributed by atoms with Crippen molar-refractivity contribution >= 4 is 12.6 Å². The minimum Gasteiger partial charge on any atom is -0.0890 e. The van der Waals surface area contributed by atoms with E-state index < -0.39 is 0 Å². The van der Waals surface area contributed by atoms with E-state index in [-0.39, 0.29) is 0 Å². The number of aryl methyl sites for hydroxylation is 1. The number of unbranched alkanes of at least 4 members (excludes halogenated alkanes) is 1. The fourth-order valence-electron chi connectivity index (χ4n) is 1.31. The fraction of sp³-hybridized carbons (Fsp3) is 0.455. The lowest BCUT2D eigenvalue weighted by atomic mass is 10.0. The first kappa shape index (κ1) is 9.66. The minimum atomic E-state index is 0.750. The van der Waals surface area contributed by atoms with Gasteiger partial charge in [-0.3, -0.25) is 0 Å². The molecule has 12 heavy (non-hydrogen) atoms. The third-order valence-corrected chi connectivity index (χ3v) is 2.38. The summed E-state index contributed by atoms with van der Waals surface area (Å²) in [5.74, 6) is 0.750. The van der Waals surface area contributed by atoms with Crippen molar-refractivity contribution in [3.63, 3.8) is 0 Å². The predicted octanol–water partition coefficient (Wildman–Crippen LogP) is 3.73. The Morgan fingerprint density at radius 3 is 2.42 bits per heavy atom. The van der Waals surface area contributed by atoms with E-state index in [9.17, 15) is 0 Å². The zero-order valence-corrected chi connectivity index (χ0v) is 8.36. The van der Waals surface area contributed by atoms with E-state index in [2.05, 4.69) is 31.2 Å². The molecule has 0 heterocycles. The molecule has 65 valence electrons. The van der Waals surface area contributed by atoms with E-state index in [1.807, 2.05) is 0 Å². The molecule has 0 aliphatic heterocycles. The zero-order chi connectivity index (χ0) is 8.81. The summed E-state index contributed by atoms with van der Waals surface area (Å²) >= 11 is 5.06. The highest BCUT2D eigenvalue weighted by atomic mass is 32.1. The van der Waals surface area contributed by atoms with Crippen molar-refractivity contribution in [3.8, 4) is 0 Å². The highest BCUT2D eigenvalue weighted by molar-refractivity contribution is 7.79. The van der Waals surface area contributed by atoms with Crippen LogP contribution in [0.3, 0.4) is 0 Å². The van der Waals surface area contributed by atoms with Gasteiger partial charge in [0, 0.05) is 5.75 Å². The van der Waals surface area contributed by atoms with Gasteiger partial charge < -0.3 is 0 Å². The molecule has 1 aromatic rings. The number of rotatable bonds is 4. The molecular formula is C11H15S. The summed E-state index contributed by atoms with van der Waals surface area (Å²) in [4.78, 5) is 0. The topological polar surface area (TPSA) is 0 Å². The summed E-state index contributed by atoms with van der Waals surface area (Å²) in [7, 11) is 0. The summed E-state index contributed by atoms with van der Waals surface area (Å²) in [5.41, 5.74) is 2.77. The van der Waals surface area contributed by atoms with Gasteiger partial charge in [0.25, 0.3) is 0 Å². The Labute approximate surface area is 80.4 Å². The third-order valence-electron chi connectivity index (χ3n) is 2.07. The van der Waals surface area contributed by atoms with Gasteiger partial charge in [0.2, 0.25) is 0 Å². The van der Waals surface area contributed by atoms with Crippen LogP contribution in [0.2, 0.25) is 0 Å². The molecule has 0 saturated heterocycles. The second-order valence-electron chi connectivity index (χ2n) is 3.02. The first-order valence-electron chi connectivity index (χ1n) is 4.53. The summed E-state index contributed by atoms with van der Waals surface area (Å²) in [6, 6.07) is 8.49. The van der Waals surface area contributed by atoms with Crippen molar-refractivity contribution in [1.29, 1.82) is 0 Å². The van der Waals surface area contributed by atoms with Gasteiger partial charge in [-0.05, 0) is 24.0 Å². The Hall–Kier alpha value is -0.430. The first-order valence-corrected chi connectivity index (χ1v) is 5.11. The minimum absolute atomic E-state index is 0.750. The molecule has 0 amide bonds. The highest BCUT2D eigenvalue weighted by Crippen LogP contribution is 2.13. The van der Waals surface area contributed by atoms with Gasteiger partial charge in [0.1, 0.15) is 0 Å². The van der Waals surface area contributed by atoms with Crippen molar-refractivity contribution in [2.24, 2.45) is 0 Å². The van der Waals surface area contributed by atoms with Crippen LogP contribution in [0.15, 0.2) is 24.3 Å². The smallest absolute Gasteiger partial charge is 0.0291 e. The van der Waals surface area contributed by atoms with Gasteiger partial charge in [-0.25, -0.2) is 0 Å². The number of hydrogen-bond acceptors (Lipinski definition) is 0. The molecule has 0 spiro atoms. The van der Waals surface area contributed by atoms with Crippen LogP contribution in [0.5, 0.6) is 0 Å². The zero-order valence-electron chi connectivity index (χ0n) is 7.55. The van der Waals surface area contributed by atoms with Crippen LogP contribution in [0.4, 0.5) is 0 Å². The lowest BCUT2D eigenvalue weighted by Gasteiger charge is -2.04. The molecule has 0 saturated carbocycles. The molecule has 0 N–H and O–H groups in total. The summed E-state index contributed by atoms with van der Waals surface area (Å²) in [6.07, 6.45) is 3.71. The Kier molecular flexibility index (Phi) is 4.23. The highest BCUT2D eigenvalue weighted by Gasteiger charge is 1.98. The molecule has 0 nitrogen and oxygen atoms in total. The third kappa shape index (κ3) is 2.56. The molecule has 1 rings (SSSR count). The average molecular weight is 179 g/mol. The summed E-state index contributed by atoms with van der Waals surface area (Å²) < 4.78 is 0. The Morgan fingerprint density at radius 2 is 1.83 bits per heavy atom. The van der Waals surface area contributed by atoms with Crippen LogP contribution < -0.4 is 0 Å². The Morgan fingerprint density at radius 1 is 1.17 bits per heavy atom. The van der Waals surface area contributed by atoms with Crippen LogP contribution in [-0.2, 0) is 12.2 Å². The van der Waals surface area contributed by atoms with Gasteiger partial charge in [-0.1, -0.05) is 50.2 Å². The Bertz CT molecular complexity index is 230. The molecule has 0 aliphatic rings. The molecule has 0 aliphatic carbocycles. The van der Waals surface area contributed by atoms with E-state index in [0.29, 0.717) is 0 Å². The van der Waals surface area contributed by atoms with Crippen LogP contribution in [-0.4, -0.2) is 0 Å². The SMILES string of the molecule is CCCCc1ccccc1C[S]. The van der Waals surface area contributed by atoms with E-state index in [1.54, 1.807) is 0 Å². The maximum Gasteiger partial charge on any atom is 0.0291 e. The van der Waals surface area contributed by atoms with Gasteiger partial charge in [-0.15, -0.1) is 0 Å². The molecule has 0 bridgehead atoms.